The average molecular weight is 291 g/mol. The minimum absolute atomic E-state index is 0.312. The third-order valence-corrected chi connectivity index (χ3v) is 2.68. The highest BCUT2D eigenvalue weighted by Gasteiger charge is 2.08. The fraction of sp³-hybridized carbons (Fsp3) is 0.500. The highest BCUT2D eigenvalue weighted by atomic mass is 79.9. The van der Waals surface area contributed by atoms with Crippen LogP contribution in [0.3, 0.4) is 0 Å². The molecule has 0 unspecified atom stereocenters. The van der Waals surface area contributed by atoms with E-state index in [1.54, 1.807) is 6.07 Å². The molecule has 0 N–H and O–H groups in total. The lowest BCUT2D eigenvalue weighted by atomic mass is 10.2. The van der Waals surface area contributed by atoms with E-state index in [9.17, 15) is 4.39 Å². The molecule has 0 radical (unpaired) electrons. The molecule has 0 aliphatic carbocycles. The van der Waals surface area contributed by atoms with Gasteiger partial charge in [0.2, 0.25) is 0 Å². The molecule has 0 amide bonds. The zero-order valence-electron chi connectivity index (χ0n) is 9.34. The molecule has 0 saturated carbocycles. The van der Waals surface area contributed by atoms with Crippen LogP contribution < -0.4 is 4.74 Å². The summed E-state index contributed by atoms with van der Waals surface area (Å²) in [6.07, 6.45) is 0.768. The normalized spacial score (nSPS) is 10.4. The fourth-order valence-corrected chi connectivity index (χ4v) is 1.74. The first-order valence-corrected chi connectivity index (χ1v) is 6.45. The minimum Gasteiger partial charge on any atom is -0.490 e. The fourth-order valence-electron chi connectivity index (χ4n) is 1.30. The molecule has 16 heavy (non-hydrogen) atoms. The van der Waals surface area contributed by atoms with Gasteiger partial charge in [0.05, 0.1) is 6.61 Å². The smallest absolute Gasteiger partial charge is 0.165 e. The summed E-state index contributed by atoms with van der Waals surface area (Å²) in [4.78, 5) is 0. The van der Waals surface area contributed by atoms with Gasteiger partial charge in [-0.25, -0.2) is 4.39 Å². The first kappa shape index (κ1) is 13.5. The first-order chi connectivity index (χ1) is 7.79. The van der Waals surface area contributed by atoms with Crippen LogP contribution >= 0.6 is 15.9 Å². The predicted octanol–water partition coefficient (Wildman–Crippen LogP) is 3.53. The first-order valence-electron chi connectivity index (χ1n) is 5.33. The van der Waals surface area contributed by atoms with Crippen LogP contribution in [0.5, 0.6) is 5.75 Å². The summed E-state index contributed by atoms with van der Waals surface area (Å²) in [5.74, 6) is 0.0317. The maximum absolute atomic E-state index is 13.4. The Hall–Kier alpha value is -0.610. The highest BCUT2D eigenvalue weighted by Crippen LogP contribution is 2.24. The Morgan fingerprint density at radius 1 is 1.31 bits per heavy atom. The standard InChI is InChI=1S/C12H16BrFO2/c1-2-15-7-4-8-16-12-10(9-13)5-3-6-11(12)14/h3,5-6H,2,4,7-9H2,1H3. The van der Waals surface area contributed by atoms with Gasteiger partial charge in [-0.1, -0.05) is 28.1 Å². The average Bonchev–Trinajstić information content (AvgIpc) is 2.30. The van der Waals surface area contributed by atoms with Gasteiger partial charge in [-0.2, -0.15) is 0 Å². The topological polar surface area (TPSA) is 18.5 Å². The van der Waals surface area contributed by atoms with Crippen molar-refractivity contribution in [2.24, 2.45) is 0 Å². The molecule has 0 atom stereocenters. The van der Waals surface area contributed by atoms with Crippen LogP contribution in [0.15, 0.2) is 18.2 Å². The Morgan fingerprint density at radius 3 is 2.81 bits per heavy atom. The Morgan fingerprint density at radius 2 is 2.12 bits per heavy atom. The van der Waals surface area contributed by atoms with Crippen LogP contribution in [0.2, 0.25) is 0 Å². The lowest BCUT2D eigenvalue weighted by molar-refractivity contribution is 0.130. The number of hydrogen-bond acceptors (Lipinski definition) is 2. The molecule has 4 heteroatoms. The number of alkyl halides is 1. The van der Waals surface area contributed by atoms with Gasteiger partial charge in [0, 0.05) is 30.5 Å². The van der Waals surface area contributed by atoms with Gasteiger partial charge in [-0.05, 0) is 13.0 Å². The van der Waals surface area contributed by atoms with E-state index in [4.69, 9.17) is 9.47 Å². The summed E-state index contributed by atoms with van der Waals surface area (Å²) in [7, 11) is 0. The molecule has 0 saturated heterocycles. The monoisotopic (exact) mass is 290 g/mol. The highest BCUT2D eigenvalue weighted by molar-refractivity contribution is 9.08. The maximum Gasteiger partial charge on any atom is 0.165 e. The van der Waals surface area contributed by atoms with E-state index in [-0.39, 0.29) is 5.82 Å². The zero-order valence-corrected chi connectivity index (χ0v) is 10.9. The van der Waals surface area contributed by atoms with Crippen LogP contribution in [0.25, 0.3) is 0 Å². The lowest BCUT2D eigenvalue weighted by Gasteiger charge is -2.10. The second-order valence-electron chi connectivity index (χ2n) is 3.26. The molecule has 1 aromatic carbocycles. The zero-order chi connectivity index (χ0) is 11.8. The summed E-state index contributed by atoms with van der Waals surface area (Å²) >= 11 is 3.30. The van der Waals surface area contributed by atoms with Gasteiger partial charge in [0.25, 0.3) is 0 Å². The summed E-state index contributed by atoms with van der Waals surface area (Å²) < 4.78 is 24.0. The van der Waals surface area contributed by atoms with E-state index in [0.717, 1.165) is 12.0 Å². The lowest BCUT2D eigenvalue weighted by Crippen LogP contribution is -2.05. The van der Waals surface area contributed by atoms with Crippen molar-refractivity contribution in [1.29, 1.82) is 0 Å². The number of ether oxygens (including phenoxy) is 2. The van der Waals surface area contributed by atoms with E-state index in [0.29, 0.717) is 30.9 Å². The number of benzene rings is 1. The third-order valence-electron chi connectivity index (χ3n) is 2.08. The van der Waals surface area contributed by atoms with Crippen LogP contribution in [0, 0.1) is 5.82 Å². The van der Waals surface area contributed by atoms with Gasteiger partial charge in [-0.3, -0.25) is 0 Å². The molecular weight excluding hydrogens is 275 g/mol. The quantitative estimate of drug-likeness (QED) is 0.565. The van der Waals surface area contributed by atoms with Gasteiger partial charge in [0.1, 0.15) is 0 Å². The van der Waals surface area contributed by atoms with E-state index >= 15 is 0 Å². The molecule has 90 valence electrons. The van der Waals surface area contributed by atoms with Crippen molar-refractivity contribution in [2.45, 2.75) is 18.7 Å². The number of halogens is 2. The van der Waals surface area contributed by atoms with Crippen molar-refractivity contribution >= 4 is 15.9 Å². The third kappa shape index (κ3) is 4.10. The molecule has 0 aromatic heterocycles. The van der Waals surface area contributed by atoms with Crippen molar-refractivity contribution in [3.8, 4) is 5.75 Å². The number of rotatable bonds is 7. The van der Waals surface area contributed by atoms with Gasteiger partial charge >= 0.3 is 0 Å². The van der Waals surface area contributed by atoms with Crippen LogP contribution in [-0.2, 0) is 10.1 Å². The predicted molar refractivity (Wildman–Crippen MR) is 65.6 cm³/mol. The van der Waals surface area contributed by atoms with Gasteiger partial charge < -0.3 is 9.47 Å². The molecule has 0 spiro atoms. The molecule has 0 bridgehead atoms. The van der Waals surface area contributed by atoms with Gasteiger partial charge in [-0.15, -0.1) is 0 Å². The van der Waals surface area contributed by atoms with Crippen molar-refractivity contribution in [1.82, 2.24) is 0 Å². The van der Waals surface area contributed by atoms with E-state index in [1.807, 2.05) is 13.0 Å². The summed E-state index contributed by atoms with van der Waals surface area (Å²) in [5.41, 5.74) is 0.830. The molecular formula is C12H16BrFO2. The van der Waals surface area contributed by atoms with Crippen LogP contribution in [0.4, 0.5) is 4.39 Å². The minimum atomic E-state index is -0.312. The molecule has 1 rings (SSSR count). The molecule has 1 aromatic rings. The van der Waals surface area contributed by atoms with Crippen LogP contribution in [-0.4, -0.2) is 19.8 Å². The van der Waals surface area contributed by atoms with Crippen molar-refractivity contribution in [3.05, 3.63) is 29.6 Å². The van der Waals surface area contributed by atoms with Crippen molar-refractivity contribution < 1.29 is 13.9 Å². The molecule has 0 aliphatic heterocycles. The van der Waals surface area contributed by atoms with E-state index < -0.39 is 0 Å². The maximum atomic E-state index is 13.4. The number of hydrogen-bond donors (Lipinski definition) is 0. The molecule has 2 nitrogen and oxygen atoms in total. The summed E-state index contributed by atoms with van der Waals surface area (Å²) in [5, 5.41) is 0.589. The van der Waals surface area contributed by atoms with Crippen molar-refractivity contribution in [2.75, 3.05) is 19.8 Å². The Bertz CT molecular complexity index is 318. The molecule has 0 heterocycles. The second kappa shape index (κ2) is 7.63. The SMILES string of the molecule is CCOCCCOc1c(F)cccc1CBr. The van der Waals surface area contributed by atoms with E-state index in [1.165, 1.54) is 6.07 Å². The largest absolute Gasteiger partial charge is 0.490 e. The van der Waals surface area contributed by atoms with Gasteiger partial charge in [0.15, 0.2) is 11.6 Å². The Labute approximate surface area is 104 Å². The van der Waals surface area contributed by atoms with Crippen LogP contribution in [0.1, 0.15) is 18.9 Å². The van der Waals surface area contributed by atoms with E-state index in [2.05, 4.69) is 15.9 Å². The van der Waals surface area contributed by atoms with Crippen molar-refractivity contribution in [3.63, 3.8) is 0 Å². The second-order valence-corrected chi connectivity index (χ2v) is 3.82. The summed E-state index contributed by atoms with van der Waals surface area (Å²) in [6, 6.07) is 4.93. The Kier molecular flexibility index (Phi) is 6.42. The summed E-state index contributed by atoms with van der Waals surface area (Å²) in [6.45, 7) is 3.77. The molecule has 0 fully saturated rings. The molecule has 0 aliphatic rings. The number of para-hydroxylation sites is 1. The Balaban J connectivity index is 2.46.